The summed E-state index contributed by atoms with van der Waals surface area (Å²) in [6.07, 6.45) is 2.06. The van der Waals surface area contributed by atoms with Crippen LogP contribution in [0.5, 0.6) is 0 Å². The van der Waals surface area contributed by atoms with Crippen LogP contribution in [0.3, 0.4) is 0 Å². The maximum Gasteiger partial charge on any atom is 0.231 e. The Balaban J connectivity index is 2.90. The maximum absolute atomic E-state index is 11.2. The lowest BCUT2D eigenvalue weighted by Gasteiger charge is -2.30. The zero-order chi connectivity index (χ0) is 14.3. The molecule has 106 valence electrons. The third kappa shape index (κ3) is 5.19. The van der Waals surface area contributed by atoms with E-state index in [1.807, 2.05) is 29.2 Å². The first-order valence-electron chi connectivity index (χ1n) is 6.56. The SMILES string of the molecule is CCCCN(CC(N)=O)C(CN)c1cccc(Cl)c1. The number of hydrogen-bond donors (Lipinski definition) is 2. The minimum Gasteiger partial charge on any atom is -0.369 e. The van der Waals surface area contributed by atoms with Crippen molar-refractivity contribution >= 4 is 17.5 Å². The monoisotopic (exact) mass is 283 g/mol. The van der Waals surface area contributed by atoms with Crippen molar-refractivity contribution in [3.05, 3.63) is 34.9 Å². The number of amides is 1. The molecule has 0 aliphatic heterocycles. The molecule has 0 aromatic heterocycles. The quantitative estimate of drug-likeness (QED) is 0.766. The van der Waals surface area contributed by atoms with E-state index in [1.54, 1.807) is 0 Å². The van der Waals surface area contributed by atoms with Crippen LogP contribution in [0.4, 0.5) is 0 Å². The van der Waals surface area contributed by atoms with Crippen LogP contribution in [0.1, 0.15) is 31.4 Å². The van der Waals surface area contributed by atoms with E-state index < -0.39 is 0 Å². The topological polar surface area (TPSA) is 72.3 Å². The first-order valence-corrected chi connectivity index (χ1v) is 6.94. The highest BCUT2D eigenvalue weighted by Gasteiger charge is 2.20. The molecule has 0 aliphatic carbocycles. The Bertz CT molecular complexity index is 411. The molecule has 0 saturated carbocycles. The van der Waals surface area contributed by atoms with Crippen molar-refractivity contribution in [1.29, 1.82) is 0 Å². The highest BCUT2D eigenvalue weighted by Crippen LogP contribution is 2.22. The second kappa shape index (κ2) is 8.15. The van der Waals surface area contributed by atoms with Gasteiger partial charge in [-0.05, 0) is 30.7 Å². The minimum absolute atomic E-state index is 0.0299. The Morgan fingerprint density at radius 2 is 2.21 bits per heavy atom. The van der Waals surface area contributed by atoms with Crippen LogP contribution in [0.2, 0.25) is 5.02 Å². The lowest BCUT2D eigenvalue weighted by molar-refractivity contribution is -0.119. The Morgan fingerprint density at radius 1 is 1.47 bits per heavy atom. The number of carbonyl (C=O) groups excluding carboxylic acids is 1. The van der Waals surface area contributed by atoms with Gasteiger partial charge in [0.15, 0.2) is 0 Å². The molecular formula is C14H22ClN3O. The van der Waals surface area contributed by atoms with E-state index >= 15 is 0 Å². The standard InChI is InChI=1S/C14H22ClN3O/c1-2-3-7-18(10-14(17)19)13(9-16)11-5-4-6-12(15)8-11/h4-6,8,13H,2-3,7,9-10,16H2,1H3,(H2,17,19). The molecule has 0 heterocycles. The first kappa shape index (κ1) is 16.0. The molecule has 1 amide bonds. The number of halogens is 1. The van der Waals surface area contributed by atoms with Crippen molar-refractivity contribution in [3.63, 3.8) is 0 Å². The molecule has 1 aromatic carbocycles. The molecule has 0 spiro atoms. The molecule has 1 aromatic rings. The molecule has 0 aliphatic rings. The molecule has 4 nitrogen and oxygen atoms in total. The number of unbranched alkanes of at least 4 members (excludes halogenated alkanes) is 1. The highest BCUT2D eigenvalue weighted by molar-refractivity contribution is 6.30. The van der Waals surface area contributed by atoms with Crippen LogP contribution in [0.25, 0.3) is 0 Å². The van der Waals surface area contributed by atoms with E-state index in [0.717, 1.165) is 24.9 Å². The van der Waals surface area contributed by atoms with Crippen molar-refractivity contribution in [2.75, 3.05) is 19.6 Å². The number of benzene rings is 1. The summed E-state index contributed by atoms with van der Waals surface area (Å²) in [4.78, 5) is 13.2. The number of nitrogens with zero attached hydrogens (tertiary/aromatic N) is 1. The average Bonchev–Trinajstić information content (AvgIpc) is 2.36. The van der Waals surface area contributed by atoms with Crippen LogP contribution < -0.4 is 11.5 Å². The van der Waals surface area contributed by atoms with Gasteiger partial charge in [-0.15, -0.1) is 0 Å². The lowest BCUT2D eigenvalue weighted by atomic mass is 10.0. The fraction of sp³-hybridized carbons (Fsp3) is 0.500. The van der Waals surface area contributed by atoms with Crippen LogP contribution in [-0.2, 0) is 4.79 Å². The second-order valence-corrected chi connectivity index (χ2v) is 5.03. The number of hydrogen-bond acceptors (Lipinski definition) is 3. The van der Waals surface area contributed by atoms with Crippen LogP contribution >= 0.6 is 11.6 Å². The Morgan fingerprint density at radius 3 is 2.74 bits per heavy atom. The number of carbonyl (C=O) groups is 1. The van der Waals surface area contributed by atoms with Crippen LogP contribution in [-0.4, -0.2) is 30.4 Å². The summed E-state index contributed by atoms with van der Waals surface area (Å²) in [6, 6.07) is 7.55. The molecule has 0 radical (unpaired) electrons. The van der Waals surface area contributed by atoms with Crippen molar-refractivity contribution in [2.24, 2.45) is 11.5 Å². The fourth-order valence-corrected chi connectivity index (χ4v) is 2.32. The number of rotatable bonds is 8. The zero-order valence-corrected chi connectivity index (χ0v) is 12.1. The summed E-state index contributed by atoms with van der Waals surface area (Å²) in [5.74, 6) is -0.336. The Hall–Kier alpha value is -1.10. The maximum atomic E-state index is 11.2. The molecule has 4 N–H and O–H groups in total. The van der Waals surface area contributed by atoms with E-state index in [4.69, 9.17) is 23.1 Å². The van der Waals surface area contributed by atoms with Crippen molar-refractivity contribution in [3.8, 4) is 0 Å². The normalized spacial score (nSPS) is 12.6. The van der Waals surface area contributed by atoms with Crippen LogP contribution in [0, 0.1) is 0 Å². The average molecular weight is 284 g/mol. The van der Waals surface area contributed by atoms with Crippen LogP contribution in [0.15, 0.2) is 24.3 Å². The fourth-order valence-electron chi connectivity index (χ4n) is 2.12. The van der Waals surface area contributed by atoms with Gasteiger partial charge in [0.1, 0.15) is 0 Å². The summed E-state index contributed by atoms with van der Waals surface area (Å²) < 4.78 is 0. The predicted octanol–water partition coefficient (Wildman–Crippen LogP) is 1.93. The van der Waals surface area contributed by atoms with Gasteiger partial charge < -0.3 is 11.5 Å². The smallest absolute Gasteiger partial charge is 0.231 e. The largest absolute Gasteiger partial charge is 0.369 e. The molecule has 1 unspecified atom stereocenters. The van der Waals surface area contributed by atoms with Crippen molar-refractivity contribution in [2.45, 2.75) is 25.8 Å². The lowest BCUT2D eigenvalue weighted by Crippen LogP contribution is -2.40. The number of nitrogens with two attached hydrogens (primary N) is 2. The number of primary amides is 1. The molecule has 5 heteroatoms. The first-order chi connectivity index (χ1) is 9.08. The van der Waals surface area contributed by atoms with Gasteiger partial charge in [0.25, 0.3) is 0 Å². The predicted molar refractivity (Wildman–Crippen MR) is 78.9 cm³/mol. The molecule has 0 saturated heterocycles. The van der Waals surface area contributed by atoms with Gasteiger partial charge in [0.2, 0.25) is 5.91 Å². The van der Waals surface area contributed by atoms with Crippen molar-refractivity contribution < 1.29 is 4.79 Å². The summed E-state index contributed by atoms with van der Waals surface area (Å²) >= 11 is 6.01. The third-order valence-electron chi connectivity index (χ3n) is 3.06. The van der Waals surface area contributed by atoms with Gasteiger partial charge in [-0.2, -0.15) is 0 Å². The van der Waals surface area contributed by atoms with E-state index in [1.165, 1.54) is 0 Å². The second-order valence-electron chi connectivity index (χ2n) is 4.60. The molecule has 19 heavy (non-hydrogen) atoms. The van der Waals surface area contributed by atoms with E-state index in [0.29, 0.717) is 11.6 Å². The molecule has 0 bridgehead atoms. The summed E-state index contributed by atoms with van der Waals surface area (Å²) in [5.41, 5.74) is 12.2. The van der Waals surface area contributed by atoms with Gasteiger partial charge in [0.05, 0.1) is 6.54 Å². The molecule has 1 atom stereocenters. The van der Waals surface area contributed by atoms with E-state index in [2.05, 4.69) is 6.92 Å². The van der Waals surface area contributed by atoms with Crippen molar-refractivity contribution in [1.82, 2.24) is 4.90 Å². The van der Waals surface area contributed by atoms with Gasteiger partial charge in [-0.25, -0.2) is 0 Å². The van der Waals surface area contributed by atoms with E-state index in [-0.39, 0.29) is 18.5 Å². The molecular weight excluding hydrogens is 262 g/mol. The Labute approximate surface area is 119 Å². The summed E-state index contributed by atoms with van der Waals surface area (Å²) in [5, 5.41) is 0.672. The van der Waals surface area contributed by atoms with Gasteiger partial charge in [-0.3, -0.25) is 9.69 Å². The summed E-state index contributed by atoms with van der Waals surface area (Å²) in [7, 11) is 0. The van der Waals surface area contributed by atoms with Gasteiger partial charge in [0, 0.05) is 17.6 Å². The third-order valence-corrected chi connectivity index (χ3v) is 3.29. The highest BCUT2D eigenvalue weighted by atomic mass is 35.5. The molecule has 0 fully saturated rings. The minimum atomic E-state index is -0.336. The van der Waals surface area contributed by atoms with Gasteiger partial charge in [-0.1, -0.05) is 37.1 Å². The molecule has 1 rings (SSSR count). The zero-order valence-electron chi connectivity index (χ0n) is 11.3. The van der Waals surface area contributed by atoms with E-state index in [9.17, 15) is 4.79 Å². The summed E-state index contributed by atoms with van der Waals surface area (Å²) in [6.45, 7) is 3.55. The van der Waals surface area contributed by atoms with Gasteiger partial charge >= 0.3 is 0 Å². The Kier molecular flexibility index (Phi) is 6.84.